The summed E-state index contributed by atoms with van der Waals surface area (Å²) in [7, 11) is 0. The van der Waals surface area contributed by atoms with Crippen molar-refractivity contribution in [3.05, 3.63) is 18.1 Å². The van der Waals surface area contributed by atoms with Gasteiger partial charge in [0, 0.05) is 25.7 Å². The molecule has 2 aliphatic heterocycles. The van der Waals surface area contributed by atoms with Gasteiger partial charge in [0.15, 0.2) is 0 Å². The van der Waals surface area contributed by atoms with E-state index in [0.717, 1.165) is 26.1 Å². The highest BCUT2D eigenvalue weighted by atomic mass is 16.2. The summed E-state index contributed by atoms with van der Waals surface area (Å²) >= 11 is 0. The number of hydrogen-bond acceptors (Lipinski definition) is 5. The Labute approximate surface area is 125 Å². The Morgan fingerprint density at radius 2 is 2.10 bits per heavy atom. The van der Waals surface area contributed by atoms with Gasteiger partial charge in [-0.05, 0) is 39.3 Å². The van der Waals surface area contributed by atoms with Crippen molar-refractivity contribution in [3.63, 3.8) is 0 Å². The molecular weight excluding hydrogens is 266 g/mol. The summed E-state index contributed by atoms with van der Waals surface area (Å²) in [5.74, 6) is 0.720. The molecule has 1 N–H and O–H groups in total. The van der Waals surface area contributed by atoms with Gasteiger partial charge in [0.25, 0.3) is 5.91 Å². The Morgan fingerprint density at radius 3 is 2.76 bits per heavy atom. The lowest BCUT2D eigenvalue weighted by Crippen LogP contribution is -2.37. The quantitative estimate of drug-likeness (QED) is 0.903. The minimum absolute atomic E-state index is 0.00671. The van der Waals surface area contributed by atoms with Crippen LogP contribution in [0.1, 0.15) is 36.7 Å². The lowest BCUT2D eigenvalue weighted by molar-refractivity contribution is 0.0774. The SMILES string of the molecule is CCNc1cnc(C(=O)N2CCC(N3CCCC3)C2)cn1. The van der Waals surface area contributed by atoms with Crippen LogP contribution in [-0.4, -0.2) is 64.4 Å². The van der Waals surface area contributed by atoms with Crippen molar-refractivity contribution in [1.82, 2.24) is 19.8 Å². The highest BCUT2D eigenvalue weighted by Crippen LogP contribution is 2.21. The van der Waals surface area contributed by atoms with E-state index in [1.165, 1.54) is 25.9 Å². The lowest BCUT2D eigenvalue weighted by atomic mass is 10.2. The molecule has 2 saturated heterocycles. The van der Waals surface area contributed by atoms with Gasteiger partial charge in [-0.25, -0.2) is 9.97 Å². The van der Waals surface area contributed by atoms with E-state index in [2.05, 4.69) is 20.2 Å². The van der Waals surface area contributed by atoms with E-state index in [1.54, 1.807) is 12.4 Å². The third kappa shape index (κ3) is 3.15. The van der Waals surface area contributed by atoms with E-state index < -0.39 is 0 Å². The molecule has 1 unspecified atom stereocenters. The van der Waals surface area contributed by atoms with E-state index in [1.807, 2.05) is 11.8 Å². The summed E-state index contributed by atoms with van der Waals surface area (Å²) in [6.07, 6.45) is 6.87. The molecule has 2 fully saturated rings. The predicted molar refractivity (Wildman–Crippen MR) is 81.3 cm³/mol. The smallest absolute Gasteiger partial charge is 0.274 e. The predicted octanol–water partition coefficient (Wildman–Crippen LogP) is 1.22. The van der Waals surface area contributed by atoms with Crippen LogP contribution in [0.3, 0.4) is 0 Å². The highest BCUT2D eigenvalue weighted by Gasteiger charge is 2.32. The number of aromatic nitrogens is 2. The molecule has 1 atom stereocenters. The molecular formula is C15H23N5O. The Balaban J connectivity index is 1.60. The topological polar surface area (TPSA) is 61.4 Å². The van der Waals surface area contributed by atoms with Crippen LogP contribution >= 0.6 is 0 Å². The molecule has 1 aromatic heterocycles. The van der Waals surface area contributed by atoms with Gasteiger partial charge in [-0.3, -0.25) is 9.69 Å². The normalized spacial score (nSPS) is 22.7. The first-order chi connectivity index (χ1) is 10.3. The molecule has 0 bridgehead atoms. The van der Waals surface area contributed by atoms with Crippen LogP contribution in [0.5, 0.6) is 0 Å². The van der Waals surface area contributed by atoms with Crippen LogP contribution in [0, 0.1) is 0 Å². The lowest BCUT2D eigenvalue weighted by Gasteiger charge is -2.23. The van der Waals surface area contributed by atoms with Crippen molar-refractivity contribution >= 4 is 11.7 Å². The van der Waals surface area contributed by atoms with Gasteiger partial charge in [-0.1, -0.05) is 0 Å². The molecule has 21 heavy (non-hydrogen) atoms. The number of nitrogens with one attached hydrogen (secondary N) is 1. The zero-order valence-electron chi connectivity index (χ0n) is 12.6. The molecule has 1 amide bonds. The van der Waals surface area contributed by atoms with Crippen molar-refractivity contribution in [1.29, 1.82) is 0 Å². The Morgan fingerprint density at radius 1 is 1.29 bits per heavy atom. The number of carbonyl (C=O) groups excluding carboxylic acids is 1. The monoisotopic (exact) mass is 289 g/mol. The van der Waals surface area contributed by atoms with Crippen LogP contribution in [0.4, 0.5) is 5.82 Å². The summed E-state index contributed by atoms with van der Waals surface area (Å²) in [6, 6.07) is 0.533. The van der Waals surface area contributed by atoms with E-state index >= 15 is 0 Å². The number of nitrogens with zero attached hydrogens (tertiary/aromatic N) is 4. The third-order valence-electron chi connectivity index (χ3n) is 4.34. The minimum Gasteiger partial charge on any atom is -0.369 e. The van der Waals surface area contributed by atoms with Crippen LogP contribution < -0.4 is 5.32 Å². The van der Waals surface area contributed by atoms with Gasteiger partial charge in [0.05, 0.1) is 12.4 Å². The van der Waals surface area contributed by atoms with E-state index in [0.29, 0.717) is 17.6 Å². The fourth-order valence-electron chi connectivity index (χ4n) is 3.20. The number of rotatable bonds is 4. The second-order valence-corrected chi connectivity index (χ2v) is 5.75. The van der Waals surface area contributed by atoms with Gasteiger partial charge < -0.3 is 10.2 Å². The number of amides is 1. The first-order valence-corrected chi connectivity index (χ1v) is 7.87. The molecule has 0 aliphatic carbocycles. The molecule has 114 valence electrons. The molecule has 6 nitrogen and oxygen atoms in total. The standard InChI is InChI=1S/C15H23N5O/c1-2-16-14-10-17-13(9-18-14)15(21)20-8-5-12(11-20)19-6-3-4-7-19/h9-10,12H,2-8,11H2,1H3,(H,16,18). The van der Waals surface area contributed by atoms with Gasteiger partial charge in [-0.15, -0.1) is 0 Å². The van der Waals surface area contributed by atoms with Gasteiger partial charge >= 0.3 is 0 Å². The number of hydrogen-bond donors (Lipinski definition) is 1. The summed E-state index contributed by atoms with van der Waals surface area (Å²) < 4.78 is 0. The molecule has 3 heterocycles. The van der Waals surface area contributed by atoms with Gasteiger partial charge in [-0.2, -0.15) is 0 Å². The molecule has 0 spiro atoms. The first-order valence-electron chi connectivity index (χ1n) is 7.87. The van der Waals surface area contributed by atoms with Crippen LogP contribution in [0.25, 0.3) is 0 Å². The van der Waals surface area contributed by atoms with Crippen molar-refractivity contribution in [2.75, 3.05) is 38.0 Å². The van der Waals surface area contributed by atoms with Crippen LogP contribution in [0.15, 0.2) is 12.4 Å². The molecule has 2 aliphatic rings. The Bertz CT molecular complexity index is 483. The summed E-state index contributed by atoms with van der Waals surface area (Å²) in [4.78, 5) is 25.4. The zero-order valence-corrected chi connectivity index (χ0v) is 12.6. The summed E-state index contributed by atoms with van der Waals surface area (Å²) in [6.45, 7) is 6.83. The minimum atomic E-state index is 0.00671. The van der Waals surface area contributed by atoms with Crippen molar-refractivity contribution in [3.8, 4) is 0 Å². The fourth-order valence-corrected chi connectivity index (χ4v) is 3.20. The van der Waals surface area contributed by atoms with Crippen molar-refractivity contribution < 1.29 is 4.79 Å². The van der Waals surface area contributed by atoms with E-state index in [9.17, 15) is 4.79 Å². The molecule has 3 rings (SSSR count). The largest absolute Gasteiger partial charge is 0.369 e. The number of likely N-dealkylation sites (tertiary alicyclic amines) is 2. The fraction of sp³-hybridized carbons (Fsp3) is 0.667. The maximum Gasteiger partial charge on any atom is 0.274 e. The van der Waals surface area contributed by atoms with Gasteiger partial charge in [0.2, 0.25) is 0 Å². The summed E-state index contributed by atoms with van der Waals surface area (Å²) in [5, 5.41) is 3.08. The summed E-state index contributed by atoms with van der Waals surface area (Å²) in [5.41, 5.74) is 0.443. The van der Waals surface area contributed by atoms with Crippen LogP contribution in [-0.2, 0) is 0 Å². The molecule has 1 aromatic rings. The first kappa shape index (κ1) is 14.3. The van der Waals surface area contributed by atoms with E-state index in [4.69, 9.17) is 0 Å². The molecule has 0 aromatic carbocycles. The molecule has 0 radical (unpaired) electrons. The maximum atomic E-state index is 12.5. The third-order valence-corrected chi connectivity index (χ3v) is 4.34. The maximum absolute atomic E-state index is 12.5. The van der Waals surface area contributed by atoms with Gasteiger partial charge in [0.1, 0.15) is 11.5 Å². The Kier molecular flexibility index (Phi) is 4.34. The second-order valence-electron chi connectivity index (χ2n) is 5.75. The molecule has 0 saturated carbocycles. The molecule has 6 heteroatoms. The van der Waals surface area contributed by atoms with Crippen LogP contribution in [0.2, 0.25) is 0 Å². The Hall–Kier alpha value is -1.69. The highest BCUT2D eigenvalue weighted by molar-refractivity contribution is 5.92. The number of anilines is 1. The van der Waals surface area contributed by atoms with E-state index in [-0.39, 0.29) is 5.91 Å². The average Bonchev–Trinajstić information content (AvgIpc) is 3.19. The van der Waals surface area contributed by atoms with Crippen molar-refractivity contribution in [2.24, 2.45) is 0 Å². The van der Waals surface area contributed by atoms with Crippen molar-refractivity contribution in [2.45, 2.75) is 32.2 Å². The zero-order chi connectivity index (χ0) is 14.7. The average molecular weight is 289 g/mol. The second kappa shape index (κ2) is 6.39. The number of carbonyl (C=O) groups is 1.